The summed E-state index contributed by atoms with van der Waals surface area (Å²) < 4.78 is 41.6. The first-order chi connectivity index (χ1) is 15.6. The number of rotatable bonds is 8. The summed E-state index contributed by atoms with van der Waals surface area (Å²) in [5.74, 6) is -0.519. The van der Waals surface area contributed by atoms with Crippen molar-refractivity contribution in [3.05, 3.63) is 75.8 Å². The summed E-state index contributed by atoms with van der Waals surface area (Å²) in [6.07, 6.45) is -3.28. The number of nitro groups is 1. The highest BCUT2D eigenvalue weighted by Gasteiger charge is 2.35. The van der Waals surface area contributed by atoms with Crippen LogP contribution in [0.1, 0.15) is 5.56 Å². The monoisotopic (exact) mass is 497 g/mol. The van der Waals surface area contributed by atoms with Gasteiger partial charge >= 0.3 is 6.18 Å². The first kappa shape index (κ1) is 24.3. The van der Waals surface area contributed by atoms with Crippen LogP contribution in [0, 0.1) is 10.1 Å². The molecule has 0 saturated heterocycles. The molecule has 0 aliphatic carbocycles. The van der Waals surface area contributed by atoms with Gasteiger partial charge in [-0.25, -0.2) is 0 Å². The Kier molecular flexibility index (Phi) is 7.39. The lowest BCUT2D eigenvalue weighted by Crippen LogP contribution is -2.18. The molecule has 33 heavy (non-hydrogen) atoms. The molecule has 0 spiro atoms. The van der Waals surface area contributed by atoms with E-state index in [4.69, 9.17) is 11.6 Å². The number of anilines is 1. The number of hydrogen-bond donors (Lipinski definition) is 1. The molecule has 2 aromatic carbocycles. The van der Waals surface area contributed by atoms with Crippen LogP contribution in [0.5, 0.6) is 0 Å². The SMILES string of the molecule is C=CCn1c(SCC(=O)Nc2ccc([N+](=O)[O-])cc2C(F)(F)F)nnc1-c1ccc(Cl)cc1. The normalized spacial score (nSPS) is 11.3. The van der Waals surface area contributed by atoms with Gasteiger partial charge < -0.3 is 5.32 Å². The van der Waals surface area contributed by atoms with Crippen molar-refractivity contribution in [2.75, 3.05) is 11.1 Å². The maximum atomic E-state index is 13.3. The van der Waals surface area contributed by atoms with E-state index in [1.54, 1.807) is 34.9 Å². The number of alkyl halides is 3. The Labute approximate surface area is 194 Å². The Morgan fingerprint density at radius 3 is 2.55 bits per heavy atom. The molecule has 0 aliphatic heterocycles. The number of benzene rings is 2. The van der Waals surface area contributed by atoms with E-state index in [9.17, 15) is 28.1 Å². The molecular formula is C20H15ClF3N5O3S. The predicted molar refractivity (Wildman–Crippen MR) is 118 cm³/mol. The largest absolute Gasteiger partial charge is 0.418 e. The van der Waals surface area contributed by atoms with Gasteiger partial charge in [0, 0.05) is 29.3 Å². The Morgan fingerprint density at radius 2 is 1.94 bits per heavy atom. The third-order valence-corrected chi connectivity index (χ3v) is 5.48. The summed E-state index contributed by atoms with van der Waals surface area (Å²) in [5, 5.41) is 22.0. The van der Waals surface area contributed by atoms with E-state index in [0.29, 0.717) is 28.6 Å². The van der Waals surface area contributed by atoms with Gasteiger partial charge in [0.2, 0.25) is 5.91 Å². The summed E-state index contributed by atoms with van der Waals surface area (Å²) in [4.78, 5) is 22.2. The minimum absolute atomic E-state index is 0.274. The van der Waals surface area contributed by atoms with Crippen molar-refractivity contribution in [1.82, 2.24) is 14.8 Å². The fourth-order valence-corrected chi connectivity index (χ4v) is 3.68. The lowest BCUT2D eigenvalue weighted by Gasteiger charge is -2.13. The van der Waals surface area contributed by atoms with E-state index in [0.717, 1.165) is 29.5 Å². The second kappa shape index (κ2) is 10.0. The second-order valence-corrected chi connectivity index (χ2v) is 7.91. The molecule has 1 heterocycles. The Bertz CT molecular complexity index is 1200. The third kappa shape index (κ3) is 5.90. The van der Waals surface area contributed by atoms with Crippen molar-refractivity contribution >= 4 is 40.6 Å². The van der Waals surface area contributed by atoms with Gasteiger partial charge in [0.1, 0.15) is 0 Å². The number of halogens is 4. The van der Waals surface area contributed by atoms with Gasteiger partial charge in [0.15, 0.2) is 11.0 Å². The highest BCUT2D eigenvalue weighted by atomic mass is 35.5. The number of aromatic nitrogens is 3. The molecule has 0 radical (unpaired) electrons. The molecule has 172 valence electrons. The van der Waals surface area contributed by atoms with E-state index in [-0.39, 0.29) is 5.75 Å². The third-order valence-electron chi connectivity index (χ3n) is 4.26. The molecule has 1 amide bonds. The highest BCUT2D eigenvalue weighted by Crippen LogP contribution is 2.37. The number of allylic oxidation sites excluding steroid dienone is 1. The van der Waals surface area contributed by atoms with Gasteiger partial charge in [-0.15, -0.1) is 16.8 Å². The van der Waals surface area contributed by atoms with Crippen molar-refractivity contribution in [3.8, 4) is 11.4 Å². The number of hydrogen-bond acceptors (Lipinski definition) is 6. The van der Waals surface area contributed by atoms with Crippen LogP contribution < -0.4 is 5.32 Å². The minimum atomic E-state index is -4.89. The van der Waals surface area contributed by atoms with Crippen LogP contribution in [0.3, 0.4) is 0 Å². The molecule has 3 aromatic rings. The van der Waals surface area contributed by atoms with Crippen molar-refractivity contribution in [2.45, 2.75) is 17.9 Å². The zero-order valence-corrected chi connectivity index (χ0v) is 18.2. The molecule has 0 fully saturated rings. The van der Waals surface area contributed by atoms with E-state index in [1.807, 2.05) is 0 Å². The molecule has 0 saturated carbocycles. The standard InChI is InChI=1S/C20H15ClF3N5O3S/c1-2-9-28-18(12-3-5-13(21)6-4-12)26-27-19(28)33-11-17(30)25-16-8-7-14(29(31)32)10-15(16)20(22,23)24/h2-8,10H,1,9,11H2,(H,25,30). The number of nitrogens with zero attached hydrogens (tertiary/aromatic N) is 4. The Balaban J connectivity index is 1.77. The second-order valence-electron chi connectivity index (χ2n) is 6.53. The first-order valence-corrected chi connectivity index (χ1v) is 10.5. The minimum Gasteiger partial charge on any atom is -0.325 e. The molecule has 0 unspecified atom stereocenters. The average molecular weight is 498 g/mol. The zero-order chi connectivity index (χ0) is 24.2. The lowest BCUT2D eigenvalue weighted by atomic mass is 10.1. The molecule has 0 aliphatic rings. The van der Waals surface area contributed by atoms with Crippen LogP contribution in [-0.4, -0.2) is 31.3 Å². The summed E-state index contributed by atoms with van der Waals surface area (Å²) in [5.41, 5.74) is -1.89. The summed E-state index contributed by atoms with van der Waals surface area (Å²) in [6, 6.07) is 8.99. The molecule has 8 nitrogen and oxygen atoms in total. The number of nitro benzene ring substituents is 1. The highest BCUT2D eigenvalue weighted by molar-refractivity contribution is 7.99. The molecule has 1 N–H and O–H groups in total. The van der Waals surface area contributed by atoms with E-state index in [1.165, 1.54) is 0 Å². The topological polar surface area (TPSA) is 103 Å². The number of thioether (sulfide) groups is 1. The Hall–Kier alpha value is -3.38. The summed E-state index contributed by atoms with van der Waals surface area (Å²) in [7, 11) is 0. The van der Waals surface area contributed by atoms with Crippen molar-refractivity contribution in [1.29, 1.82) is 0 Å². The maximum absolute atomic E-state index is 13.3. The first-order valence-electron chi connectivity index (χ1n) is 9.18. The van der Waals surface area contributed by atoms with E-state index >= 15 is 0 Å². The number of carbonyl (C=O) groups is 1. The Morgan fingerprint density at radius 1 is 1.24 bits per heavy atom. The maximum Gasteiger partial charge on any atom is 0.418 e. The van der Waals surface area contributed by atoms with Gasteiger partial charge in [-0.05, 0) is 30.3 Å². The zero-order valence-electron chi connectivity index (χ0n) is 16.7. The van der Waals surface area contributed by atoms with Gasteiger partial charge in [0.25, 0.3) is 5.69 Å². The summed E-state index contributed by atoms with van der Waals surface area (Å²) in [6.45, 7) is 4.02. The average Bonchev–Trinajstić information content (AvgIpc) is 3.15. The van der Waals surface area contributed by atoms with Crippen molar-refractivity contribution in [2.24, 2.45) is 0 Å². The van der Waals surface area contributed by atoms with E-state index < -0.39 is 33.9 Å². The van der Waals surface area contributed by atoms with Gasteiger partial charge in [-0.3, -0.25) is 19.5 Å². The van der Waals surface area contributed by atoms with Crippen LogP contribution in [0.4, 0.5) is 24.5 Å². The fourth-order valence-electron chi connectivity index (χ4n) is 2.81. The van der Waals surface area contributed by atoms with Crippen molar-refractivity contribution in [3.63, 3.8) is 0 Å². The van der Waals surface area contributed by atoms with Crippen LogP contribution in [0.15, 0.2) is 60.3 Å². The number of amides is 1. The van der Waals surface area contributed by atoms with Gasteiger partial charge in [-0.2, -0.15) is 13.2 Å². The quantitative estimate of drug-likeness (QED) is 0.192. The number of carbonyl (C=O) groups excluding carboxylic acids is 1. The molecule has 3 rings (SSSR count). The fraction of sp³-hybridized carbons (Fsp3) is 0.150. The van der Waals surface area contributed by atoms with Crippen LogP contribution >= 0.6 is 23.4 Å². The predicted octanol–water partition coefficient (Wildman–Crippen LogP) is 5.44. The molecule has 1 aromatic heterocycles. The van der Waals surface area contributed by atoms with Gasteiger partial charge in [-0.1, -0.05) is 29.4 Å². The van der Waals surface area contributed by atoms with Crippen LogP contribution in [0.25, 0.3) is 11.4 Å². The smallest absolute Gasteiger partial charge is 0.325 e. The van der Waals surface area contributed by atoms with Crippen LogP contribution in [0.2, 0.25) is 5.02 Å². The summed E-state index contributed by atoms with van der Waals surface area (Å²) >= 11 is 6.88. The van der Waals surface area contributed by atoms with E-state index in [2.05, 4.69) is 22.1 Å². The lowest BCUT2D eigenvalue weighted by molar-refractivity contribution is -0.385. The van der Waals surface area contributed by atoms with Crippen molar-refractivity contribution < 1.29 is 22.9 Å². The number of nitrogens with one attached hydrogen (secondary N) is 1. The van der Waals surface area contributed by atoms with Gasteiger partial charge in [0.05, 0.1) is 21.9 Å². The molecule has 13 heteroatoms. The molecule has 0 atom stereocenters. The number of non-ortho nitro benzene ring substituents is 1. The molecular weight excluding hydrogens is 483 g/mol. The molecule has 0 bridgehead atoms. The van der Waals surface area contributed by atoms with Crippen LogP contribution in [-0.2, 0) is 17.5 Å².